The van der Waals surface area contributed by atoms with E-state index in [-0.39, 0.29) is 12.5 Å². The van der Waals surface area contributed by atoms with Crippen molar-refractivity contribution in [1.29, 1.82) is 0 Å². The largest absolute Gasteiger partial charge is 0.465 e. The second kappa shape index (κ2) is 9.90. The van der Waals surface area contributed by atoms with Crippen molar-refractivity contribution in [2.45, 2.75) is 32.9 Å². The van der Waals surface area contributed by atoms with Gasteiger partial charge in [-0.15, -0.1) is 11.3 Å². The van der Waals surface area contributed by atoms with E-state index >= 15 is 0 Å². The fourth-order valence-corrected chi connectivity index (χ4v) is 4.71. The van der Waals surface area contributed by atoms with Crippen molar-refractivity contribution in [3.8, 4) is 0 Å². The Bertz CT molecular complexity index is 998. The van der Waals surface area contributed by atoms with Crippen LogP contribution < -0.4 is 11.1 Å². The molecular formula is C21H23BrN4O3S. The highest BCUT2D eigenvalue weighted by molar-refractivity contribution is 9.11. The van der Waals surface area contributed by atoms with Crippen molar-refractivity contribution in [3.63, 3.8) is 0 Å². The Balaban J connectivity index is 1.77. The molecule has 0 spiro atoms. The van der Waals surface area contributed by atoms with E-state index in [1.165, 1.54) is 11.3 Å². The van der Waals surface area contributed by atoms with Crippen molar-refractivity contribution < 1.29 is 14.7 Å². The number of hydrogen-bond acceptors (Lipinski definition) is 5. The number of nitrogens with zero attached hydrogens (tertiary/aromatic N) is 2. The predicted octanol–water partition coefficient (Wildman–Crippen LogP) is 4.49. The summed E-state index contributed by atoms with van der Waals surface area (Å²) in [6, 6.07) is 9.47. The van der Waals surface area contributed by atoms with Gasteiger partial charge in [-0.25, -0.2) is 9.79 Å². The zero-order valence-corrected chi connectivity index (χ0v) is 18.9. The Hall–Kier alpha value is -2.65. The summed E-state index contributed by atoms with van der Waals surface area (Å²) >= 11 is 4.99. The van der Waals surface area contributed by atoms with Crippen LogP contribution in [0, 0.1) is 0 Å². The van der Waals surface area contributed by atoms with E-state index in [0.717, 1.165) is 31.9 Å². The van der Waals surface area contributed by atoms with Crippen molar-refractivity contribution in [1.82, 2.24) is 10.2 Å². The van der Waals surface area contributed by atoms with Gasteiger partial charge in [0.2, 0.25) is 0 Å². The standard InChI is InChI=1S/C21H23BrN4O3S/c1-2-7-26(12-14-5-3-13(4-6-14)11-24-21(28)29)20(27)15-8-17-16(10-18(22)30-17)25-19(23)9-15/h3-6,8,10,24H,2,7,9,11-12H2,1H3,(H2,23,25)(H,28,29). The third-order valence-electron chi connectivity index (χ3n) is 4.55. The molecule has 4 N–H and O–H groups in total. The number of carbonyl (C=O) groups excluding carboxylic acids is 1. The van der Waals surface area contributed by atoms with Crippen LogP contribution in [0.3, 0.4) is 0 Å². The van der Waals surface area contributed by atoms with Gasteiger partial charge in [-0.2, -0.15) is 0 Å². The molecule has 2 aromatic rings. The lowest BCUT2D eigenvalue weighted by atomic mass is 10.1. The van der Waals surface area contributed by atoms with Gasteiger partial charge in [0.25, 0.3) is 5.91 Å². The normalized spacial score (nSPS) is 13.0. The van der Waals surface area contributed by atoms with E-state index in [1.807, 2.05) is 48.2 Å². The topological polar surface area (TPSA) is 108 Å². The molecule has 1 aliphatic rings. The molecule has 0 radical (unpaired) electrons. The first-order chi connectivity index (χ1) is 14.4. The summed E-state index contributed by atoms with van der Waals surface area (Å²) < 4.78 is 0.942. The number of amidine groups is 1. The number of halogens is 1. The molecule has 0 fully saturated rings. The summed E-state index contributed by atoms with van der Waals surface area (Å²) in [6.07, 6.45) is 1.98. The minimum Gasteiger partial charge on any atom is -0.465 e. The maximum absolute atomic E-state index is 13.3. The van der Waals surface area contributed by atoms with E-state index < -0.39 is 6.09 Å². The highest BCUT2D eigenvalue weighted by Gasteiger charge is 2.22. The van der Waals surface area contributed by atoms with E-state index in [1.54, 1.807) is 0 Å². The van der Waals surface area contributed by atoms with Gasteiger partial charge in [-0.1, -0.05) is 31.2 Å². The smallest absolute Gasteiger partial charge is 0.404 e. The van der Waals surface area contributed by atoms with E-state index in [2.05, 4.69) is 26.2 Å². The Morgan fingerprint density at radius 1 is 1.30 bits per heavy atom. The van der Waals surface area contributed by atoms with Gasteiger partial charge in [0.15, 0.2) is 0 Å². The second-order valence-electron chi connectivity index (χ2n) is 6.95. The lowest BCUT2D eigenvalue weighted by molar-refractivity contribution is -0.127. The van der Waals surface area contributed by atoms with Gasteiger partial charge < -0.3 is 21.1 Å². The molecule has 30 heavy (non-hydrogen) atoms. The van der Waals surface area contributed by atoms with Crippen LogP contribution in [-0.4, -0.2) is 34.4 Å². The summed E-state index contributed by atoms with van der Waals surface area (Å²) in [5.74, 6) is 0.370. The SMILES string of the molecule is CCCN(Cc1ccc(CNC(=O)O)cc1)C(=O)C1=Cc2sc(Br)cc2N=C(N)C1. The first-order valence-electron chi connectivity index (χ1n) is 9.52. The number of amides is 2. The van der Waals surface area contributed by atoms with Gasteiger partial charge in [0, 0.05) is 31.6 Å². The Morgan fingerprint density at radius 3 is 2.67 bits per heavy atom. The second-order valence-corrected chi connectivity index (χ2v) is 9.41. The maximum atomic E-state index is 13.3. The molecule has 1 aliphatic heterocycles. The first kappa shape index (κ1) is 22.0. The average molecular weight is 491 g/mol. The first-order valence-corrected chi connectivity index (χ1v) is 11.1. The third-order valence-corrected chi connectivity index (χ3v) is 6.12. The number of carbonyl (C=O) groups is 2. The Labute approximate surface area is 187 Å². The molecule has 0 bridgehead atoms. The molecule has 3 rings (SSSR count). The molecule has 7 nitrogen and oxygen atoms in total. The van der Waals surface area contributed by atoms with Crippen molar-refractivity contribution in [2.75, 3.05) is 6.54 Å². The van der Waals surface area contributed by atoms with Crippen LogP contribution in [0.5, 0.6) is 0 Å². The maximum Gasteiger partial charge on any atom is 0.404 e. The van der Waals surface area contributed by atoms with Crippen LogP contribution in [-0.2, 0) is 17.9 Å². The Kier molecular flexibility index (Phi) is 7.28. The zero-order chi connectivity index (χ0) is 21.7. The van der Waals surface area contributed by atoms with Crippen LogP contribution in [0.2, 0.25) is 0 Å². The summed E-state index contributed by atoms with van der Waals surface area (Å²) in [7, 11) is 0. The number of aliphatic imine (C=N–C) groups is 1. The van der Waals surface area contributed by atoms with Gasteiger partial charge in [0.1, 0.15) is 5.84 Å². The monoisotopic (exact) mass is 490 g/mol. The summed E-state index contributed by atoms with van der Waals surface area (Å²) in [5, 5.41) is 11.1. The van der Waals surface area contributed by atoms with Crippen molar-refractivity contribution in [3.05, 3.63) is 55.7 Å². The summed E-state index contributed by atoms with van der Waals surface area (Å²) in [5.41, 5.74) is 9.30. The van der Waals surface area contributed by atoms with Gasteiger partial charge >= 0.3 is 6.09 Å². The van der Waals surface area contributed by atoms with Crippen LogP contribution >= 0.6 is 27.3 Å². The average Bonchev–Trinajstić information content (AvgIpc) is 2.96. The van der Waals surface area contributed by atoms with Crippen molar-refractivity contribution in [2.24, 2.45) is 10.7 Å². The quantitative estimate of drug-likeness (QED) is 0.530. The van der Waals surface area contributed by atoms with E-state index in [4.69, 9.17) is 10.8 Å². The molecule has 2 amide bonds. The minimum absolute atomic E-state index is 0.0519. The third kappa shape index (κ3) is 5.70. The number of carboxylic acid groups (broad SMARTS) is 1. The highest BCUT2D eigenvalue weighted by atomic mass is 79.9. The molecule has 0 atom stereocenters. The van der Waals surface area contributed by atoms with Gasteiger partial charge in [-0.3, -0.25) is 4.79 Å². The predicted molar refractivity (Wildman–Crippen MR) is 123 cm³/mol. The number of rotatable bonds is 7. The highest BCUT2D eigenvalue weighted by Crippen LogP contribution is 2.37. The molecule has 158 valence electrons. The van der Waals surface area contributed by atoms with Crippen LogP contribution in [0.25, 0.3) is 6.08 Å². The van der Waals surface area contributed by atoms with Gasteiger partial charge in [-0.05, 0) is 45.6 Å². The number of nitrogens with two attached hydrogens (primary N) is 1. The van der Waals surface area contributed by atoms with E-state index in [9.17, 15) is 9.59 Å². The minimum atomic E-state index is -1.06. The Morgan fingerprint density at radius 2 is 2.00 bits per heavy atom. The number of hydrogen-bond donors (Lipinski definition) is 3. The molecule has 0 unspecified atom stereocenters. The molecular weight excluding hydrogens is 468 g/mol. The lowest BCUT2D eigenvalue weighted by Crippen LogP contribution is -2.33. The molecule has 0 saturated heterocycles. The fourth-order valence-electron chi connectivity index (χ4n) is 3.18. The van der Waals surface area contributed by atoms with Gasteiger partial charge in [0.05, 0.1) is 14.4 Å². The number of fused-ring (bicyclic) bond motifs is 1. The van der Waals surface area contributed by atoms with Crippen LogP contribution in [0.1, 0.15) is 35.8 Å². The van der Waals surface area contributed by atoms with Crippen LogP contribution in [0.15, 0.2) is 44.7 Å². The molecule has 2 heterocycles. The van der Waals surface area contributed by atoms with Crippen LogP contribution in [0.4, 0.5) is 10.5 Å². The molecule has 1 aromatic carbocycles. The molecule has 9 heteroatoms. The number of thiophene rings is 1. The summed E-state index contributed by atoms with van der Waals surface area (Å²) in [4.78, 5) is 31.1. The lowest BCUT2D eigenvalue weighted by Gasteiger charge is -2.23. The number of benzene rings is 1. The van der Waals surface area contributed by atoms with E-state index in [0.29, 0.717) is 30.9 Å². The summed E-state index contributed by atoms with van der Waals surface area (Å²) in [6.45, 7) is 3.37. The zero-order valence-electron chi connectivity index (χ0n) is 16.5. The molecule has 0 aliphatic carbocycles. The number of nitrogens with one attached hydrogen (secondary N) is 1. The molecule has 0 saturated carbocycles. The van der Waals surface area contributed by atoms with Crippen molar-refractivity contribution >= 4 is 56.9 Å². The molecule has 1 aromatic heterocycles. The fraction of sp³-hybridized carbons (Fsp3) is 0.286.